The van der Waals surface area contributed by atoms with Gasteiger partial charge >= 0.3 is 5.97 Å². The van der Waals surface area contributed by atoms with Crippen LogP contribution in [0.3, 0.4) is 0 Å². The van der Waals surface area contributed by atoms with Crippen molar-refractivity contribution in [3.63, 3.8) is 0 Å². The molecule has 3 rings (SSSR count). The molecule has 0 atom stereocenters. The average Bonchev–Trinajstić information content (AvgIpc) is 2.67. The summed E-state index contributed by atoms with van der Waals surface area (Å²) in [5, 5.41) is 3.61. The van der Waals surface area contributed by atoms with Crippen molar-refractivity contribution in [3.05, 3.63) is 64.6 Å². The third-order valence-corrected chi connectivity index (χ3v) is 4.43. The fourth-order valence-corrected chi connectivity index (χ4v) is 3.00. The second-order valence-corrected chi connectivity index (χ2v) is 6.25. The third-order valence-electron chi connectivity index (χ3n) is 4.13. The molecule has 6 nitrogen and oxygen atoms in total. The average molecular weight is 384 g/mol. The van der Waals surface area contributed by atoms with Gasteiger partial charge in [-0.15, -0.1) is 0 Å². The van der Waals surface area contributed by atoms with Crippen LogP contribution in [-0.2, 0) is 16.0 Å². The number of ether oxygens (including phenoxy) is 1. The molecule has 0 radical (unpaired) electrons. The molecule has 1 amide bonds. The van der Waals surface area contributed by atoms with E-state index < -0.39 is 18.5 Å². The molecule has 1 N–H and O–H groups in total. The van der Waals surface area contributed by atoms with Gasteiger partial charge in [-0.05, 0) is 37.1 Å². The maximum Gasteiger partial charge on any atom is 0.340 e. The summed E-state index contributed by atoms with van der Waals surface area (Å²) in [4.78, 5) is 33.1. The molecule has 0 bridgehead atoms. The molecule has 2 heterocycles. The highest BCUT2D eigenvalue weighted by molar-refractivity contribution is 6.32. The fourth-order valence-electron chi connectivity index (χ4n) is 2.84. The van der Waals surface area contributed by atoms with E-state index in [0.717, 1.165) is 16.5 Å². The lowest BCUT2D eigenvalue weighted by molar-refractivity contribution is -0.119. The summed E-state index contributed by atoms with van der Waals surface area (Å²) < 4.78 is 5.22. The second-order valence-electron chi connectivity index (χ2n) is 5.90. The van der Waals surface area contributed by atoms with Crippen LogP contribution in [0.2, 0.25) is 5.15 Å². The molecule has 27 heavy (non-hydrogen) atoms. The molecule has 0 spiro atoms. The number of fused-ring (bicyclic) bond motifs is 1. The predicted octanol–water partition coefficient (Wildman–Crippen LogP) is 3.95. The number of carbonyl (C=O) groups is 2. The van der Waals surface area contributed by atoms with Crippen LogP contribution in [0.1, 0.15) is 28.5 Å². The maximum absolute atomic E-state index is 12.6. The number of nitrogens with zero attached hydrogens (tertiary/aromatic N) is 2. The van der Waals surface area contributed by atoms with E-state index in [9.17, 15) is 9.59 Å². The first kappa shape index (κ1) is 18.8. The van der Waals surface area contributed by atoms with Gasteiger partial charge in [-0.3, -0.25) is 9.78 Å². The van der Waals surface area contributed by atoms with E-state index in [1.807, 2.05) is 38.1 Å². The molecular formula is C20H18ClN3O3. The number of esters is 1. The molecule has 0 saturated heterocycles. The second kappa shape index (κ2) is 8.14. The topological polar surface area (TPSA) is 81.2 Å². The first-order chi connectivity index (χ1) is 13.0. The van der Waals surface area contributed by atoms with Gasteiger partial charge in [0.15, 0.2) is 11.8 Å². The Hall–Kier alpha value is -2.99. The van der Waals surface area contributed by atoms with E-state index in [1.54, 1.807) is 12.1 Å². The van der Waals surface area contributed by atoms with Gasteiger partial charge in [-0.25, -0.2) is 9.78 Å². The van der Waals surface area contributed by atoms with E-state index in [0.29, 0.717) is 23.4 Å². The molecular weight excluding hydrogens is 366 g/mol. The summed E-state index contributed by atoms with van der Waals surface area (Å²) in [5.41, 5.74) is 3.03. The monoisotopic (exact) mass is 383 g/mol. The number of pyridine rings is 2. The number of nitrogens with one attached hydrogen (secondary N) is 1. The number of rotatable bonds is 5. The minimum absolute atomic E-state index is 0.167. The van der Waals surface area contributed by atoms with E-state index in [4.69, 9.17) is 16.3 Å². The van der Waals surface area contributed by atoms with Crippen molar-refractivity contribution in [2.45, 2.75) is 20.3 Å². The van der Waals surface area contributed by atoms with Crippen LogP contribution in [0.5, 0.6) is 0 Å². The summed E-state index contributed by atoms with van der Waals surface area (Å²) >= 11 is 5.90. The van der Waals surface area contributed by atoms with Crippen molar-refractivity contribution < 1.29 is 14.3 Å². The SMILES string of the molecule is CCc1nc2ccccc2c(C)c1C(=O)OCC(=O)Nc1cccnc1Cl. The predicted molar refractivity (Wildman–Crippen MR) is 104 cm³/mol. The van der Waals surface area contributed by atoms with Crippen molar-refractivity contribution >= 4 is 40.1 Å². The van der Waals surface area contributed by atoms with E-state index in [2.05, 4.69) is 15.3 Å². The largest absolute Gasteiger partial charge is 0.452 e. The van der Waals surface area contributed by atoms with Crippen LogP contribution >= 0.6 is 11.6 Å². The molecule has 138 valence electrons. The van der Waals surface area contributed by atoms with Crippen molar-refractivity contribution in [1.82, 2.24) is 9.97 Å². The van der Waals surface area contributed by atoms with Gasteiger partial charge in [0, 0.05) is 11.6 Å². The van der Waals surface area contributed by atoms with Crippen LogP contribution in [0.25, 0.3) is 10.9 Å². The van der Waals surface area contributed by atoms with Gasteiger partial charge in [0.2, 0.25) is 0 Å². The number of para-hydroxylation sites is 1. The van der Waals surface area contributed by atoms with Crippen molar-refractivity contribution in [1.29, 1.82) is 0 Å². The molecule has 0 saturated carbocycles. The number of anilines is 1. The minimum atomic E-state index is -0.574. The number of benzene rings is 1. The van der Waals surface area contributed by atoms with Gasteiger partial charge in [0.05, 0.1) is 22.5 Å². The minimum Gasteiger partial charge on any atom is -0.452 e. The molecule has 3 aromatic rings. The number of hydrogen-bond donors (Lipinski definition) is 1. The number of hydrogen-bond acceptors (Lipinski definition) is 5. The Bertz CT molecular complexity index is 1020. The standard InChI is InChI=1S/C20H18ClN3O3/c1-3-14-18(12(2)13-7-4-5-8-15(13)23-14)20(26)27-11-17(25)24-16-9-6-10-22-19(16)21/h4-10H,3,11H2,1-2H3,(H,24,25). The fraction of sp³-hybridized carbons (Fsp3) is 0.200. The Morgan fingerprint density at radius 1 is 1.19 bits per heavy atom. The number of halogens is 1. The zero-order chi connectivity index (χ0) is 19.4. The van der Waals surface area contributed by atoms with Gasteiger partial charge in [-0.1, -0.05) is 36.7 Å². The Kier molecular flexibility index (Phi) is 5.66. The number of carbonyl (C=O) groups excluding carboxylic acids is 2. The summed E-state index contributed by atoms with van der Waals surface area (Å²) in [5.74, 6) is -1.07. The molecule has 1 aromatic carbocycles. The molecule has 0 unspecified atom stereocenters. The zero-order valence-corrected chi connectivity index (χ0v) is 15.7. The lowest BCUT2D eigenvalue weighted by atomic mass is 10.0. The Morgan fingerprint density at radius 3 is 2.70 bits per heavy atom. The Labute approximate surface area is 161 Å². The molecule has 0 aliphatic rings. The summed E-state index contributed by atoms with van der Waals surface area (Å²) in [6.45, 7) is 3.35. The van der Waals surface area contributed by atoms with Gasteiger partial charge in [0.1, 0.15) is 0 Å². The summed E-state index contributed by atoms with van der Waals surface area (Å²) in [6, 6.07) is 10.9. The van der Waals surface area contributed by atoms with Crippen LogP contribution in [0.4, 0.5) is 5.69 Å². The highest BCUT2D eigenvalue weighted by atomic mass is 35.5. The molecule has 0 fully saturated rings. The van der Waals surface area contributed by atoms with E-state index in [1.165, 1.54) is 6.20 Å². The molecule has 0 aliphatic carbocycles. The lowest BCUT2D eigenvalue weighted by Crippen LogP contribution is -2.22. The highest BCUT2D eigenvalue weighted by Gasteiger charge is 2.20. The van der Waals surface area contributed by atoms with Crippen molar-refractivity contribution in [2.24, 2.45) is 0 Å². The maximum atomic E-state index is 12.6. The van der Waals surface area contributed by atoms with Crippen LogP contribution in [-0.4, -0.2) is 28.5 Å². The number of amides is 1. The molecule has 7 heteroatoms. The van der Waals surface area contributed by atoms with Crippen LogP contribution in [0, 0.1) is 6.92 Å². The zero-order valence-electron chi connectivity index (χ0n) is 15.0. The number of aryl methyl sites for hydroxylation is 2. The first-order valence-corrected chi connectivity index (χ1v) is 8.84. The summed E-state index contributed by atoms with van der Waals surface area (Å²) in [7, 11) is 0. The normalized spacial score (nSPS) is 10.6. The Balaban J connectivity index is 1.77. The van der Waals surface area contributed by atoms with Crippen LogP contribution in [0.15, 0.2) is 42.6 Å². The smallest absolute Gasteiger partial charge is 0.340 e. The lowest BCUT2D eigenvalue weighted by Gasteiger charge is -2.13. The Morgan fingerprint density at radius 2 is 1.96 bits per heavy atom. The van der Waals surface area contributed by atoms with E-state index >= 15 is 0 Å². The third kappa shape index (κ3) is 4.06. The van der Waals surface area contributed by atoms with Crippen molar-refractivity contribution in [3.8, 4) is 0 Å². The first-order valence-electron chi connectivity index (χ1n) is 8.47. The number of aromatic nitrogens is 2. The van der Waals surface area contributed by atoms with Gasteiger partial charge < -0.3 is 10.1 Å². The van der Waals surface area contributed by atoms with E-state index in [-0.39, 0.29) is 5.15 Å². The molecule has 0 aliphatic heterocycles. The van der Waals surface area contributed by atoms with Gasteiger partial charge in [-0.2, -0.15) is 0 Å². The molecule has 2 aromatic heterocycles. The quantitative estimate of drug-likeness (QED) is 0.533. The van der Waals surface area contributed by atoms with Crippen molar-refractivity contribution in [2.75, 3.05) is 11.9 Å². The summed E-state index contributed by atoms with van der Waals surface area (Å²) in [6.07, 6.45) is 2.09. The highest BCUT2D eigenvalue weighted by Crippen LogP contribution is 2.24. The van der Waals surface area contributed by atoms with Gasteiger partial charge in [0.25, 0.3) is 5.91 Å². The van der Waals surface area contributed by atoms with Crippen LogP contribution < -0.4 is 5.32 Å².